The number of rotatable bonds is 6. The van der Waals surface area contributed by atoms with E-state index in [1.807, 2.05) is 18.2 Å². The van der Waals surface area contributed by atoms with Crippen LogP contribution in [0.4, 0.5) is 5.69 Å². The van der Waals surface area contributed by atoms with Crippen LogP contribution in [0.5, 0.6) is 5.75 Å². The molecular formula is C18H17N5O4S. The monoisotopic (exact) mass is 399 g/mol. The molecule has 0 aliphatic rings. The smallest absolute Gasteiger partial charge is 0.273 e. The van der Waals surface area contributed by atoms with Gasteiger partial charge in [-0.3, -0.25) is 24.6 Å². The highest BCUT2D eigenvalue weighted by Crippen LogP contribution is 2.23. The number of ether oxygens (including phenoxy) is 1. The van der Waals surface area contributed by atoms with E-state index in [9.17, 15) is 14.9 Å². The number of methoxy groups -OCH3 is 1. The number of para-hydroxylation sites is 2. The molecule has 0 fully saturated rings. The van der Waals surface area contributed by atoms with Crippen molar-refractivity contribution in [3.05, 3.63) is 74.3 Å². The van der Waals surface area contributed by atoms with Gasteiger partial charge in [-0.2, -0.15) is 5.10 Å². The average molecular weight is 399 g/mol. The molecular weight excluding hydrogens is 382 g/mol. The number of nitro groups is 1. The van der Waals surface area contributed by atoms with E-state index in [0.29, 0.717) is 27.6 Å². The maximum Gasteiger partial charge on any atom is 0.273 e. The van der Waals surface area contributed by atoms with E-state index in [2.05, 4.69) is 15.5 Å². The van der Waals surface area contributed by atoms with E-state index in [4.69, 9.17) is 17.0 Å². The van der Waals surface area contributed by atoms with E-state index in [1.54, 1.807) is 24.7 Å². The van der Waals surface area contributed by atoms with Gasteiger partial charge >= 0.3 is 0 Å². The number of H-pyrrole nitrogens is 1. The normalized spacial score (nSPS) is 10.5. The van der Waals surface area contributed by atoms with Crippen molar-refractivity contribution in [1.29, 1.82) is 0 Å². The number of aromatic nitrogens is 3. The van der Waals surface area contributed by atoms with Crippen LogP contribution in [-0.4, -0.2) is 32.7 Å². The van der Waals surface area contributed by atoms with Crippen molar-refractivity contribution in [2.45, 2.75) is 13.5 Å². The van der Waals surface area contributed by atoms with Gasteiger partial charge in [0.15, 0.2) is 10.6 Å². The van der Waals surface area contributed by atoms with Gasteiger partial charge < -0.3 is 10.1 Å². The Hall–Kier alpha value is -3.53. The third-order valence-corrected chi connectivity index (χ3v) is 4.42. The highest BCUT2D eigenvalue weighted by Gasteiger charge is 2.17. The van der Waals surface area contributed by atoms with Crippen molar-refractivity contribution in [3.8, 4) is 11.4 Å². The predicted molar refractivity (Wildman–Crippen MR) is 104 cm³/mol. The fourth-order valence-electron chi connectivity index (χ4n) is 2.72. The minimum absolute atomic E-state index is 0.0612. The third kappa shape index (κ3) is 3.76. The number of nitrogens with zero attached hydrogens (tertiary/aromatic N) is 3. The molecule has 3 aromatic rings. The first-order valence-electron chi connectivity index (χ1n) is 8.25. The molecule has 0 aliphatic heterocycles. The largest absolute Gasteiger partial charge is 0.495 e. The fourth-order valence-corrected chi connectivity index (χ4v) is 2.97. The Morgan fingerprint density at radius 3 is 2.82 bits per heavy atom. The highest BCUT2D eigenvalue weighted by atomic mass is 32.1. The van der Waals surface area contributed by atoms with Crippen molar-refractivity contribution in [2.24, 2.45) is 0 Å². The van der Waals surface area contributed by atoms with Crippen LogP contribution < -0.4 is 10.1 Å². The second-order valence-electron chi connectivity index (χ2n) is 5.89. The Morgan fingerprint density at radius 1 is 1.36 bits per heavy atom. The third-order valence-electron chi connectivity index (χ3n) is 4.14. The van der Waals surface area contributed by atoms with Gasteiger partial charge in [0, 0.05) is 17.2 Å². The Kier molecular flexibility index (Phi) is 5.50. The molecule has 1 heterocycles. The zero-order valence-electron chi connectivity index (χ0n) is 15.1. The standard InChI is InChI=1S/C18H17N5O4S/c1-11-7-8-12(9-14(11)23(25)26)17(24)19-10-16-20-21-18(28)22(16)13-5-3-4-6-15(13)27-2/h3-9H,10H2,1-2H3,(H,19,24)(H,21,28). The number of hydrogen-bond acceptors (Lipinski definition) is 6. The second kappa shape index (κ2) is 8.01. The molecule has 0 radical (unpaired) electrons. The van der Waals surface area contributed by atoms with E-state index in [-0.39, 0.29) is 17.8 Å². The number of benzene rings is 2. The molecule has 9 nitrogen and oxygen atoms in total. The molecule has 0 spiro atoms. The van der Waals surface area contributed by atoms with Crippen LogP contribution >= 0.6 is 12.2 Å². The van der Waals surface area contributed by atoms with Crippen molar-refractivity contribution in [3.63, 3.8) is 0 Å². The summed E-state index contributed by atoms with van der Waals surface area (Å²) in [5, 5.41) is 20.6. The van der Waals surface area contributed by atoms with E-state index < -0.39 is 10.8 Å². The summed E-state index contributed by atoms with van der Waals surface area (Å²) in [4.78, 5) is 23.0. The van der Waals surface area contributed by atoms with Gasteiger partial charge in [0.2, 0.25) is 0 Å². The number of aromatic amines is 1. The van der Waals surface area contributed by atoms with Crippen molar-refractivity contribution >= 4 is 23.8 Å². The number of amides is 1. The second-order valence-corrected chi connectivity index (χ2v) is 6.28. The van der Waals surface area contributed by atoms with Gasteiger partial charge in [0.05, 0.1) is 24.3 Å². The highest BCUT2D eigenvalue weighted by molar-refractivity contribution is 7.71. The molecule has 0 saturated heterocycles. The predicted octanol–water partition coefficient (Wildman–Crippen LogP) is 3.09. The van der Waals surface area contributed by atoms with Crippen LogP contribution in [0.15, 0.2) is 42.5 Å². The van der Waals surface area contributed by atoms with Gasteiger partial charge in [-0.15, -0.1) is 0 Å². The molecule has 0 atom stereocenters. The number of carbonyl (C=O) groups excluding carboxylic acids is 1. The maximum atomic E-state index is 12.5. The lowest BCUT2D eigenvalue weighted by Gasteiger charge is -2.11. The van der Waals surface area contributed by atoms with Crippen LogP contribution in [0.2, 0.25) is 0 Å². The van der Waals surface area contributed by atoms with Crippen LogP contribution in [0, 0.1) is 21.8 Å². The van der Waals surface area contributed by atoms with Crippen molar-refractivity contribution in [2.75, 3.05) is 7.11 Å². The molecule has 0 aliphatic carbocycles. The molecule has 2 N–H and O–H groups in total. The summed E-state index contributed by atoms with van der Waals surface area (Å²) in [6.07, 6.45) is 0. The molecule has 0 saturated carbocycles. The van der Waals surface area contributed by atoms with E-state index >= 15 is 0 Å². The molecule has 3 rings (SSSR count). The maximum absolute atomic E-state index is 12.5. The average Bonchev–Trinajstić information content (AvgIpc) is 3.06. The molecule has 1 aromatic heterocycles. The van der Waals surface area contributed by atoms with Gasteiger partial charge in [-0.1, -0.05) is 18.2 Å². The lowest BCUT2D eigenvalue weighted by molar-refractivity contribution is -0.385. The van der Waals surface area contributed by atoms with Crippen molar-refractivity contribution in [1.82, 2.24) is 20.1 Å². The molecule has 2 aromatic carbocycles. The summed E-state index contributed by atoms with van der Waals surface area (Å²) in [5.41, 5.74) is 1.25. The minimum atomic E-state index is -0.515. The summed E-state index contributed by atoms with van der Waals surface area (Å²) >= 11 is 5.30. The summed E-state index contributed by atoms with van der Waals surface area (Å²) < 4.78 is 7.37. The Labute approximate surface area is 165 Å². The van der Waals surface area contributed by atoms with Gasteiger partial charge in [-0.05, 0) is 37.3 Å². The van der Waals surface area contributed by atoms with E-state index in [1.165, 1.54) is 18.2 Å². The summed E-state index contributed by atoms with van der Waals surface area (Å²) in [7, 11) is 1.55. The van der Waals surface area contributed by atoms with Gasteiger partial charge in [0.25, 0.3) is 11.6 Å². The Morgan fingerprint density at radius 2 is 2.11 bits per heavy atom. The first kappa shape index (κ1) is 19.2. The lowest BCUT2D eigenvalue weighted by Crippen LogP contribution is -2.24. The van der Waals surface area contributed by atoms with E-state index in [0.717, 1.165) is 0 Å². The molecule has 28 heavy (non-hydrogen) atoms. The molecule has 0 unspecified atom stereocenters. The number of aryl methyl sites for hydroxylation is 1. The summed E-state index contributed by atoms with van der Waals surface area (Å²) in [6.45, 7) is 1.68. The number of nitro benzene ring substituents is 1. The lowest BCUT2D eigenvalue weighted by atomic mass is 10.1. The first-order valence-corrected chi connectivity index (χ1v) is 8.66. The topological polar surface area (TPSA) is 115 Å². The summed E-state index contributed by atoms with van der Waals surface area (Å²) in [5.74, 6) is 0.606. The first-order chi connectivity index (χ1) is 13.4. The quantitative estimate of drug-likeness (QED) is 0.374. The zero-order chi connectivity index (χ0) is 20.3. The van der Waals surface area contributed by atoms with Gasteiger partial charge in [-0.25, -0.2) is 0 Å². The minimum Gasteiger partial charge on any atom is -0.495 e. The SMILES string of the molecule is COc1ccccc1-n1c(CNC(=O)c2ccc(C)c([N+](=O)[O-])c2)n[nH]c1=S. The van der Waals surface area contributed by atoms with Crippen LogP contribution in [0.25, 0.3) is 5.69 Å². The number of hydrogen-bond donors (Lipinski definition) is 2. The number of nitrogens with one attached hydrogen (secondary N) is 2. The zero-order valence-corrected chi connectivity index (χ0v) is 15.9. The van der Waals surface area contributed by atoms with Crippen LogP contribution in [0.1, 0.15) is 21.7 Å². The van der Waals surface area contributed by atoms with Crippen molar-refractivity contribution < 1.29 is 14.5 Å². The molecule has 10 heteroatoms. The summed E-state index contributed by atoms with van der Waals surface area (Å²) in [6, 6.07) is 11.6. The molecule has 144 valence electrons. The Balaban J connectivity index is 1.85. The number of carbonyl (C=O) groups is 1. The fraction of sp³-hybridized carbons (Fsp3) is 0.167. The molecule has 0 bridgehead atoms. The van der Waals surface area contributed by atoms with Crippen LogP contribution in [-0.2, 0) is 6.54 Å². The molecule has 1 amide bonds. The Bertz CT molecular complexity index is 1110. The van der Waals surface area contributed by atoms with Crippen LogP contribution in [0.3, 0.4) is 0 Å². The van der Waals surface area contributed by atoms with Gasteiger partial charge in [0.1, 0.15) is 5.75 Å².